The summed E-state index contributed by atoms with van der Waals surface area (Å²) in [6.07, 6.45) is 2.85. The summed E-state index contributed by atoms with van der Waals surface area (Å²) in [5.41, 5.74) is 1.38. The highest BCUT2D eigenvalue weighted by Crippen LogP contribution is 2.26. The lowest BCUT2D eigenvalue weighted by Crippen LogP contribution is -2.01. The predicted molar refractivity (Wildman–Crippen MR) is 69.3 cm³/mol. The van der Waals surface area contributed by atoms with E-state index in [2.05, 4.69) is 5.10 Å². The average molecular weight is 264 g/mol. The number of rotatable bonds is 5. The van der Waals surface area contributed by atoms with Crippen LogP contribution in [0.2, 0.25) is 0 Å². The predicted octanol–water partition coefficient (Wildman–Crippen LogP) is 2.67. The Hall–Kier alpha value is -1.88. The molecule has 0 spiro atoms. The SMILES string of the molecule is CCn1cc(COc2ccc(F)cc2C(C)O)cn1. The average Bonchev–Trinajstić information content (AvgIpc) is 2.85. The van der Waals surface area contributed by atoms with E-state index in [1.807, 2.05) is 13.1 Å². The molecule has 102 valence electrons. The molecule has 4 nitrogen and oxygen atoms in total. The van der Waals surface area contributed by atoms with Gasteiger partial charge in [-0.05, 0) is 32.0 Å². The molecule has 0 fully saturated rings. The van der Waals surface area contributed by atoms with Gasteiger partial charge in [0.25, 0.3) is 0 Å². The van der Waals surface area contributed by atoms with Gasteiger partial charge in [-0.1, -0.05) is 0 Å². The van der Waals surface area contributed by atoms with Gasteiger partial charge in [0.05, 0.1) is 12.3 Å². The van der Waals surface area contributed by atoms with Crippen molar-refractivity contribution >= 4 is 0 Å². The number of halogens is 1. The Labute approximate surface area is 111 Å². The van der Waals surface area contributed by atoms with Gasteiger partial charge in [-0.3, -0.25) is 4.68 Å². The first-order chi connectivity index (χ1) is 9.10. The van der Waals surface area contributed by atoms with Crippen LogP contribution in [0.5, 0.6) is 5.75 Å². The molecule has 0 amide bonds. The molecule has 0 aliphatic rings. The first-order valence-electron chi connectivity index (χ1n) is 6.21. The molecular weight excluding hydrogens is 247 g/mol. The van der Waals surface area contributed by atoms with Crippen LogP contribution in [0.1, 0.15) is 31.1 Å². The van der Waals surface area contributed by atoms with Gasteiger partial charge in [-0.2, -0.15) is 5.10 Å². The minimum Gasteiger partial charge on any atom is -0.488 e. The number of hydrogen-bond acceptors (Lipinski definition) is 3. The maximum Gasteiger partial charge on any atom is 0.125 e. The number of hydrogen-bond donors (Lipinski definition) is 1. The number of ether oxygens (including phenoxy) is 1. The molecule has 1 N–H and O–H groups in total. The van der Waals surface area contributed by atoms with Gasteiger partial charge in [-0.25, -0.2) is 4.39 Å². The number of benzene rings is 1. The van der Waals surface area contributed by atoms with Gasteiger partial charge >= 0.3 is 0 Å². The molecule has 0 saturated heterocycles. The summed E-state index contributed by atoms with van der Waals surface area (Å²) in [6, 6.07) is 4.13. The van der Waals surface area contributed by atoms with Crippen LogP contribution in [-0.4, -0.2) is 14.9 Å². The van der Waals surface area contributed by atoms with Gasteiger partial charge in [-0.15, -0.1) is 0 Å². The van der Waals surface area contributed by atoms with Crippen LogP contribution in [-0.2, 0) is 13.2 Å². The smallest absolute Gasteiger partial charge is 0.125 e. The summed E-state index contributed by atoms with van der Waals surface area (Å²) in [7, 11) is 0. The van der Waals surface area contributed by atoms with Gasteiger partial charge in [0, 0.05) is 23.9 Å². The Morgan fingerprint density at radius 1 is 1.47 bits per heavy atom. The zero-order valence-corrected chi connectivity index (χ0v) is 11.0. The Kier molecular flexibility index (Phi) is 4.16. The molecule has 0 bridgehead atoms. The lowest BCUT2D eigenvalue weighted by atomic mass is 10.1. The van der Waals surface area contributed by atoms with Crippen molar-refractivity contribution in [3.63, 3.8) is 0 Å². The summed E-state index contributed by atoms with van der Waals surface area (Å²) in [4.78, 5) is 0. The molecule has 0 aliphatic heterocycles. The van der Waals surface area contributed by atoms with Crippen molar-refractivity contribution < 1.29 is 14.2 Å². The van der Waals surface area contributed by atoms with E-state index in [-0.39, 0.29) is 5.82 Å². The Morgan fingerprint density at radius 2 is 2.26 bits per heavy atom. The molecule has 2 aromatic rings. The van der Waals surface area contributed by atoms with Gasteiger partial charge in [0.15, 0.2) is 0 Å². The van der Waals surface area contributed by atoms with E-state index in [4.69, 9.17) is 4.74 Å². The highest BCUT2D eigenvalue weighted by molar-refractivity contribution is 5.35. The summed E-state index contributed by atoms with van der Waals surface area (Å²) in [5, 5.41) is 13.8. The van der Waals surface area contributed by atoms with E-state index in [1.54, 1.807) is 17.8 Å². The Morgan fingerprint density at radius 3 is 2.89 bits per heavy atom. The first kappa shape index (κ1) is 13.5. The maximum absolute atomic E-state index is 13.1. The van der Waals surface area contributed by atoms with E-state index in [0.29, 0.717) is 17.9 Å². The van der Waals surface area contributed by atoms with Crippen LogP contribution >= 0.6 is 0 Å². The fourth-order valence-corrected chi connectivity index (χ4v) is 1.79. The van der Waals surface area contributed by atoms with Crippen LogP contribution in [0, 0.1) is 5.82 Å². The van der Waals surface area contributed by atoms with Crippen molar-refractivity contribution in [2.75, 3.05) is 0 Å². The van der Waals surface area contributed by atoms with E-state index < -0.39 is 6.10 Å². The van der Waals surface area contributed by atoms with Crippen LogP contribution in [0.3, 0.4) is 0 Å². The lowest BCUT2D eigenvalue weighted by molar-refractivity contribution is 0.189. The number of aryl methyl sites for hydroxylation is 1. The van der Waals surface area contributed by atoms with Crippen LogP contribution < -0.4 is 4.74 Å². The third-order valence-corrected chi connectivity index (χ3v) is 2.83. The number of aliphatic hydroxyl groups is 1. The zero-order valence-electron chi connectivity index (χ0n) is 11.0. The topological polar surface area (TPSA) is 47.3 Å². The van der Waals surface area contributed by atoms with Crippen molar-refractivity contribution in [3.8, 4) is 5.75 Å². The Balaban J connectivity index is 2.10. The van der Waals surface area contributed by atoms with Gasteiger partial charge in [0.1, 0.15) is 18.2 Å². The fourth-order valence-electron chi connectivity index (χ4n) is 1.79. The third kappa shape index (κ3) is 3.32. The minimum atomic E-state index is -0.774. The highest BCUT2D eigenvalue weighted by Gasteiger charge is 2.11. The summed E-state index contributed by atoms with van der Waals surface area (Å²) < 4.78 is 20.6. The molecule has 5 heteroatoms. The highest BCUT2D eigenvalue weighted by atomic mass is 19.1. The fraction of sp³-hybridized carbons (Fsp3) is 0.357. The molecule has 1 aromatic heterocycles. The first-order valence-corrected chi connectivity index (χ1v) is 6.21. The third-order valence-electron chi connectivity index (χ3n) is 2.83. The van der Waals surface area contributed by atoms with Crippen molar-refractivity contribution in [1.29, 1.82) is 0 Å². The molecule has 0 radical (unpaired) electrons. The molecule has 1 unspecified atom stereocenters. The minimum absolute atomic E-state index is 0.339. The van der Waals surface area contributed by atoms with E-state index >= 15 is 0 Å². The summed E-state index contributed by atoms with van der Waals surface area (Å²) >= 11 is 0. The van der Waals surface area contributed by atoms with Crippen molar-refractivity contribution in [2.24, 2.45) is 0 Å². The molecule has 0 aliphatic carbocycles. The standard InChI is InChI=1S/C14H17FN2O2/c1-3-17-8-11(7-16-17)9-19-14-5-4-12(15)6-13(14)10(2)18/h4-8,10,18H,3,9H2,1-2H3. The maximum atomic E-state index is 13.1. The van der Waals surface area contributed by atoms with Crippen molar-refractivity contribution in [2.45, 2.75) is 33.1 Å². The van der Waals surface area contributed by atoms with Crippen molar-refractivity contribution in [1.82, 2.24) is 9.78 Å². The van der Waals surface area contributed by atoms with Crippen molar-refractivity contribution in [3.05, 3.63) is 47.5 Å². The van der Waals surface area contributed by atoms with E-state index in [1.165, 1.54) is 18.2 Å². The monoisotopic (exact) mass is 264 g/mol. The van der Waals surface area contributed by atoms with E-state index in [9.17, 15) is 9.50 Å². The molecule has 1 atom stereocenters. The molecule has 1 aromatic carbocycles. The second-order valence-electron chi connectivity index (χ2n) is 4.35. The van der Waals surface area contributed by atoms with Gasteiger partial charge in [0.2, 0.25) is 0 Å². The van der Waals surface area contributed by atoms with E-state index in [0.717, 1.165) is 12.1 Å². The molecule has 19 heavy (non-hydrogen) atoms. The van der Waals surface area contributed by atoms with Gasteiger partial charge < -0.3 is 9.84 Å². The normalized spacial score (nSPS) is 12.4. The van der Waals surface area contributed by atoms with Crippen LogP contribution in [0.25, 0.3) is 0 Å². The summed E-state index contributed by atoms with van der Waals surface area (Å²) in [5.74, 6) is 0.0997. The lowest BCUT2D eigenvalue weighted by Gasteiger charge is -2.12. The molecule has 1 heterocycles. The number of nitrogens with zero attached hydrogens (tertiary/aromatic N) is 2. The molecule has 2 rings (SSSR count). The second kappa shape index (κ2) is 5.84. The molecule has 0 saturated carbocycles. The van der Waals surface area contributed by atoms with Crippen LogP contribution in [0.4, 0.5) is 4.39 Å². The zero-order chi connectivity index (χ0) is 13.8. The quantitative estimate of drug-likeness (QED) is 0.903. The number of aliphatic hydroxyl groups excluding tert-OH is 1. The summed E-state index contributed by atoms with van der Waals surface area (Å²) in [6.45, 7) is 4.72. The molecular formula is C14H17FN2O2. The second-order valence-corrected chi connectivity index (χ2v) is 4.35. The van der Waals surface area contributed by atoms with Crippen LogP contribution in [0.15, 0.2) is 30.6 Å². The Bertz CT molecular complexity index is 552. The number of aromatic nitrogens is 2. The largest absolute Gasteiger partial charge is 0.488 e.